The molecule has 133 valence electrons. The first-order chi connectivity index (χ1) is 13.2. The Hall–Kier alpha value is -1.85. The van der Waals surface area contributed by atoms with Crippen LogP contribution < -0.4 is 0 Å². The molecule has 3 aliphatic carbocycles. The molecule has 0 saturated heterocycles. The fraction of sp³-hybridized carbons (Fsp3) is 0.192. The van der Waals surface area contributed by atoms with Crippen molar-refractivity contribution in [3.05, 3.63) is 103 Å². The van der Waals surface area contributed by atoms with Crippen LogP contribution in [0, 0.1) is 0 Å². The van der Waals surface area contributed by atoms with Gasteiger partial charge in [0, 0.05) is 0 Å². The minimum absolute atomic E-state index is 0.550. The molecule has 0 nitrogen and oxygen atoms in total. The second kappa shape index (κ2) is 6.64. The molecule has 0 fully saturated rings. The van der Waals surface area contributed by atoms with Crippen LogP contribution in [-0.4, -0.2) is 3.21 Å². The Labute approximate surface area is 166 Å². The summed E-state index contributed by atoms with van der Waals surface area (Å²) in [5.41, 5.74) is 6.05. The summed E-state index contributed by atoms with van der Waals surface area (Å²) in [4.78, 5) is 0. The zero-order chi connectivity index (χ0) is 18.4. The van der Waals surface area contributed by atoms with E-state index in [2.05, 4.69) is 98.8 Å². The molecule has 0 saturated carbocycles. The average Bonchev–Trinajstić information content (AvgIpc) is 3.45. The summed E-state index contributed by atoms with van der Waals surface area (Å²) in [7, 11) is 0. The van der Waals surface area contributed by atoms with E-state index in [9.17, 15) is 0 Å². The Bertz CT molecular complexity index is 1020. The van der Waals surface area contributed by atoms with Gasteiger partial charge < -0.3 is 0 Å². The van der Waals surface area contributed by atoms with E-state index in [0.717, 1.165) is 12.8 Å². The van der Waals surface area contributed by atoms with Crippen molar-refractivity contribution in [3.8, 4) is 11.1 Å². The molecule has 0 atom stereocenters. The SMILES string of the molecule is C[C](C)=[Zr]([C]1=CC=CC1)([C]1=CC=CC1)[CH]1c2ccccc2-c2ccccc21. The molecule has 0 heterocycles. The third kappa shape index (κ3) is 2.41. The van der Waals surface area contributed by atoms with Crippen LogP contribution in [-0.2, 0) is 19.8 Å². The van der Waals surface area contributed by atoms with Crippen molar-refractivity contribution in [3.63, 3.8) is 0 Å². The summed E-state index contributed by atoms with van der Waals surface area (Å²) < 4.78 is 5.74. The standard InChI is InChI=1S/C13H9.2C5H5.C3H6.Zr/c1-3-7-12-10(5-1)9-11-6-2-4-8-13(11)12;2*1-2-4-5-3-1;1-3-2;/h1-9H;2*1-3H,4H2;1-2H3;. The predicted molar refractivity (Wildman–Crippen MR) is 114 cm³/mol. The van der Waals surface area contributed by atoms with Gasteiger partial charge in [0.1, 0.15) is 0 Å². The molecule has 27 heavy (non-hydrogen) atoms. The van der Waals surface area contributed by atoms with Crippen LogP contribution in [0.5, 0.6) is 0 Å². The topological polar surface area (TPSA) is 0 Å². The van der Waals surface area contributed by atoms with E-state index in [4.69, 9.17) is 0 Å². The molecule has 0 N–H and O–H groups in total. The first kappa shape index (κ1) is 17.3. The molecule has 0 bridgehead atoms. The fourth-order valence-electron chi connectivity index (χ4n) is 5.61. The van der Waals surface area contributed by atoms with Gasteiger partial charge in [0.2, 0.25) is 0 Å². The van der Waals surface area contributed by atoms with Gasteiger partial charge in [0.25, 0.3) is 0 Å². The molecule has 0 radical (unpaired) electrons. The van der Waals surface area contributed by atoms with E-state index in [-0.39, 0.29) is 0 Å². The van der Waals surface area contributed by atoms with Crippen molar-refractivity contribution in [1.29, 1.82) is 0 Å². The van der Waals surface area contributed by atoms with Gasteiger partial charge >= 0.3 is 167 Å². The number of hydrogen-bond donors (Lipinski definition) is 0. The molecule has 0 amide bonds. The van der Waals surface area contributed by atoms with Crippen LogP contribution in [0.4, 0.5) is 0 Å². The third-order valence-corrected chi connectivity index (χ3v) is 20.9. The van der Waals surface area contributed by atoms with E-state index in [1.165, 1.54) is 11.1 Å². The van der Waals surface area contributed by atoms with Crippen molar-refractivity contribution < 1.29 is 19.8 Å². The number of rotatable bonds is 3. The van der Waals surface area contributed by atoms with Gasteiger partial charge in [0.15, 0.2) is 0 Å². The molecule has 2 aromatic rings. The van der Waals surface area contributed by atoms with Crippen LogP contribution in [0.3, 0.4) is 0 Å². The van der Waals surface area contributed by atoms with E-state index < -0.39 is 19.8 Å². The zero-order valence-electron chi connectivity index (χ0n) is 16.1. The van der Waals surface area contributed by atoms with Gasteiger partial charge in [-0.25, -0.2) is 0 Å². The molecule has 0 spiro atoms. The second-order valence-electron chi connectivity index (χ2n) is 8.06. The van der Waals surface area contributed by atoms with Gasteiger partial charge in [0.05, 0.1) is 0 Å². The maximum atomic E-state index is 2.46. The first-order valence-electron chi connectivity index (χ1n) is 9.96. The van der Waals surface area contributed by atoms with Gasteiger partial charge in [-0.2, -0.15) is 0 Å². The van der Waals surface area contributed by atoms with Gasteiger partial charge in [-0.3, -0.25) is 0 Å². The average molecular weight is 429 g/mol. The maximum absolute atomic E-state index is 3.09. The summed E-state index contributed by atoms with van der Waals surface area (Å²) in [6.07, 6.45) is 16.5. The van der Waals surface area contributed by atoms with Gasteiger partial charge in [-0.1, -0.05) is 0 Å². The summed E-state index contributed by atoms with van der Waals surface area (Å²) in [6, 6.07) is 18.3. The molecule has 5 rings (SSSR count). The van der Waals surface area contributed by atoms with Crippen molar-refractivity contribution in [2.24, 2.45) is 0 Å². The Balaban J connectivity index is 1.88. The van der Waals surface area contributed by atoms with Crippen LogP contribution >= 0.6 is 0 Å². The summed E-state index contributed by atoms with van der Waals surface area (Å²) >= 11 is -3.09. The van der Waals surface area contributed by atoms with E-state index in [1.807, 2.05) is 0 Å². The van der Waals surface area contributed by atoms with Gasteiger partial charge in [-0.05, 0) is 0 Å². The van der Waals surface area contributed by atoms with Crippen molar-refractivity contribution in [1.82, 2.24) is 0 Å². The minimum atomic E-state index is -3.09. The van der Waals surface area contributed by atoms with Crippen LogP contribution in [0.1, 0.15) is 41.4 Å². The number of allylic oxidation sites excluding steroid dienone is 8. The van der Waals surface area contributed by atoms with Crippen molar-refractivity contribution in [2.75, 3.05) is 0 Å². The molecule has 2 aromatic carbocycles. The quantitative estimate of drug-likeness (QED) is 0.504. The Morgan fingerprint density at radius 1 is 0.741 bits per heavy atom. The molecule has 0 aromatic heterocycles. The number of hydrogen-bond acceptors (Lipinski definition) is 0. The van der Waals surface area contributed by atoms with E-state index in [1.54, 1.807) is 20.9 Å². The molecule has 3 aliphatic rings. The predicted octanol–water partition coefficient (Wildman–Crippen LogP) is 6.81. The second-order valence-corrected chi connectivity index (χ2v) is 19.1. The van der Waals surface area contributed by atoms with E-state index >= 15 is 0 Å². The summed E-state index contributed by atoms with van der Waals surface area (Å²) in [5.74, 6) is 0. The van der Waals surface area contributed by atoms with Crippen molar-refractivity contribution in [2.45, 2.75) is 30.3 Å². The van der Waals surface area contributed by atoms with Gasteiger partial charge in [-0.15, -0.1) is 0 Å². The Morgan fingerprint density at radius 3 is 1.63 bits per heavy atom. The Morgan fingerprint density at radius 2 is 1.22 bits per heavy atom. The monoisotopic (exact) mass is 427 g/mol. The number of fused-ring (bicyclic) bond motifs is 3. The van der Waals surface area contributed by atoms with E-state index in [0.29, 0.717) is 3.63 Å². The summed E-state index contributed by atoms with van der Waals surface area (Å²) in [6.45, 7) is 4.86. The normalized spacial score (nSPS) is 17.7. The first-order valence-corrected chi connectivity index (χ1v) is 15.1. The molecular formula is C26H25Zr. The number of benzene rings is 2. The zero-order valence-corrected chi connectivity index (χ0v) is 18.5. The summed E-state index contributed by atoms with van der Waals surface area (Å²) in [5, 5.41) is 0. The molecule has 0 aliphatic heterocycles. The Kier molecular flexibility index (Phi) is 4.25. The van der Waals surface area contributed by atoms with Crippen molar-refractivity contribution >= 4 is 3.21 Å². The molecule has 1 heteroatoms. The molecular weight excluding hydrogens is 404 g/mol. The van der Waals surface area contributed by atoms with Crippen LogP contribution in [0.25, 0.3) is 11.1 Å². The third-order valence-electron chi connectivity index (χ3n) is 6.61. The molecule has 0 unspecified atom stereocenters. The van der Waals surface area contributed by atoms with Crippen LogP contribution in [0.2, 0.25) is 0 Å². The fourth-order valence-corrected chi connectivity index (χ4v) is 20.5. The van der Waals surface area contributed by atoms with Crippen LogP contribution in [0.15, 0.2) is 91.5 Å².